The van der Waals surface area contributed by atoms with Crippen LogP contribution in [-0.4, -0.2) is 37.0 Å². The molecule has 0 aliphatic rings. The van der Waals surface area contributed by atoms with Gasteiger partial charge in [0.1, 0.15) is 6.10 Å². The number of unbranched alkanes of at least 4 members (excludes halogenated alkanes) is 7. The van der Waals surface area contributed by atoms with Crippen molar-refractivity contribution in [2.45, 2.75) is 148 Å². The van der Waals surface area contributed by atoms with Gasteiger partial charge in [0.05, 0.1) is 13.2 Å². The van der Waals surface area contributed by atoms with E-state index in [2.05, 4.69) is 135 Å². The highest BCUT2D eigenvalue weighted by Crippen LogP contribution is 2.10. The smallest absolute Gasteiger partial charge is 0.306 e. The maximum atomic E-state index is 12.2. The summed E-state index contributed by atoms with van der Waals surface area (Å²) in [7, 11) is 0. The minimum absolute atomic E-state index is 0.209. The fourth-order valence-electron chi connectivity index (χ4n) is 4.86. The topological polar surface area (TPSA) is 55.8 Å². The molecule has 4 nitrogen and oxygen atoms in total. The van der Waals surface area contributed by atoms with E-state index in [1.165, 1.54) is 19.3 Å². The second-order valence-corrected chi connectivity index (χ2v) is 12.6. The minimum atomic E-state index is -0.580. The molecule has 0 radical (unpaired) electrons. The van der Waals surface area contributed by atoms with E-state index >= 15 is 0 Å². The third kappa shape index (κ3) is 41.1. The highest BCUT2D eigenvalue weighted by atomic mass is 16.6. The fourth-order valence-corrected chi connectivity index (χ4v) is 4.86. The summed E-state index contributed by atoms with van der Waals surface area (Å²) < 4.78 is 11.1. The van der Waals surface area contributed by atoms with Gasteiger partial charge in [-0.3, -0.25) is 4.79 Å². The van der Waals surface area contributed by atoms with Crippen molar-refractivity contribution >= 4 is 5.97 Å². The van der Waals surface area contributed by atoms with E-state index in [1.54, 1.807) is 0 Å². The minimum Gasteiger partial charge on any atom is -0.457 e. The number of ether oxygens (including phenoxy) is 2. The van der Waals surface area contributed by atoms with Gasteiger partial charge in [-0.2, -0.15) is 0 Å². The SMILES string of the molecule is CC/C=C\C/C=C\C/C=C\C/C=C\C/C=C\C/C=C\CCCCCCCCC(=O)OC(CO)COCCC/C=C\C/C=C\C/C=C\C/C=C\CC. The van der Waals surface area contributed by atoms with Gasteiger partial charge in [0.25, 0.3) is 0 Å². The number of rotatable bonds is 35. The van der Waals surface area contributed by atoms with E-state index in [4.69, 9.17) is 9.47 Å². The Morgan fingerprint density at radius 2 is 0.824 bits per heavy atom. The molecule has 0 saturated heterocycles. The highest BCUT2D eigenvalue weighted by Gasteiger charge is 2.13. The van der Waals surface area contributed by atoms with Gasteiger partial charge in [-0.1, -0.05) is 161 Å². The lowest BCUT2D eigenvalue weighted by atomic mass is 10.1. The summed E-state index contributed by atoms with van der Waals surface area (Å²) in [5.41, 5.74) is 0. The second-order valence-electron chi connectivity index (χ2n) is 12.6. The molecule has 1 atom stereocenters. The van der Waals surface area contributed by atoms with Gasteiger partial charge < -0.3 is 14.6 Å². The molecule has 0 rings (SSSR count). The zero-order chi connectivity index (χ0) is 37.0. The van der Waals surface area contributed by atoms with Crippen LogP contribution in [0.4, 0.5) is 0 Å². The Balaban J connectivity index is 3.62. The van der Waals surface area contributed by atoms with Gasteiger partial charge >= 0.3 is 5.97 Å². The molecule has 1 unspecified atom stereocenters. The molecule has 4 heteroatoms. The Labute approximate surface area is 314 Å². The highest BCUT2D eigenvalue weighted by molar-refractivity contribution is 5.69. The summed E-state index contributed by atoms with van der Waals surface area (Å²) in [6, 6.07) is 0. The number of carbonyl (C=O) groups is 1. The number of aliphatic hydroxyl groups is 1. The van der Waals surface area contributed by atoms with Crippen molar-refractivity contribution in [3.05, 3.63) is 122 Å². The molecule has 0 aromatic carbocycles. The van der Waals surface area contributed by atoms with Crippen molar-refractivity contribution in [3.63, 3.8) is 0 Å². The van der Waals surface area contributed by atoms with Crippen LogP contribution in [0.1, 0.15) is 142 Å². The molecule has 0 aliphatic carbocycles. The Kier molecular flexibility index (Phi) is 40.3. The fraction of sp³-hybridized carbons (Fsp3) is 0.553. The third-order valence-corrected chi connectivity index (χ3v) is 7.78. The number of carbonyl (C=O) groups excluding carboxylic acids is 1. The monoisotopic (exact) mass is 703 g/mol. The lowest BCUT2D eigenvalue weighted by molar-refractivity contribution is -0.154. The first-order chi connectivity index (χ1) is 25.2. The summed E-state index contributed by atoms with van der Waals surface area (Å²) in [5.74, 6) is -0.241. The van der Waals surface area contributed by atoms with E-state index in [9.17, 15) is 9.90 Å². The van der Waals surface area contributed by atoms with Crippen molar-refractivity contribution in [1.82, 2.24) is 0 Å². The van der Waals surface area contributed by atoms with Gasteiger partial charge in [0.2, 0.25) is 0 Å². The molecular weight excluding hydrogens is 629 g/mol. The molecule has 0 saturated carbocycles. The van der Waals surface area contributed by atoms with Crippen molar-refractivity contribution in [2.24, 2.45) is 0 Å². The molecule has 0 amide bonds. The van der Waals surface area contributed by atoms with E-state index < -0.39 is 6.10 Å². The summed E-state index contributed by atoms with van der Waals surface area (Å²) >= 11 is 0. The molecule has 0 aromatic rings. The number of hydrogen-bond acceptors (Lipinski definition) is 4. The average Bonchev–Trinajstić information content (AvgIpc) is 3.14. The van der Waals surface area contributed by atoms with E-state index in [0.29, 0.717) is 13.0 Å². The first-order valence-electron chi connectivity index (χ1n) is 20.1. The van der Waals surface area contributed by atoms with Crippen LogP contribution in [0.3, 0.4) is 0 Å². The predicted octanol–water partition coefficient (Wildman–Crippen LogP) is 13.3. The molecule has 0 aromatic heterocycles. The largest absolute Gasteiger partial charge is 0.457 e. The Bertz CT molecular complexity index is 1050. The first-order valence-corrected chi connectivity index (χ1v) is 20.1. The molecule has 0 bridgehead atoms. The van der Waals surface area contributed by atoms with Crippen LogP contribution in [0, 0.1) is 0 Å². The number of aliphatic hydroxyl groups excluding tert-OH is 1. The summed E-state index contributed by atoms with van der Waals surface area (Å²) in [4.78, 5) is 12.2. The summed E-state index contributed by atoms with van der Waals surface area (Å²) in [6.07, 6.45) is 64.0. The Morgan fingerprint density at radius 1 is 0.471 bits per heavy atom. The van der Waals surface area contributed by atoms with Gasteiger partial charge in [0, 0.05) is 13.0 Å². The molecular formula is C47H74O4. The number of esters is 1. The standard InChI is InChI=1S/C47H74O4/c1-3-5-7-9-11-13-15-17-19-20-21-22-23-24-25-26-27-28-29-30-32-34-36-38-40-42-47(49)51-46(44-48)45-50-43-41-39-37-35-33-31-18-16-14-12-10-8-6-4-2/h5-8,11-14,17-19,21-22,24-25,27-28,31,35,37,46,48H,3-4,9-10,15-16,20,23,26,29-30,32-34,36,38-45H2,1-2H3/b7-5-,8-6-,13-11-,14-12-,19-17-,22-21-,25-24-,28-27-,31-18-,37-35-. The normalized spacial score (nSPS) is 13.7. The molecule has 0 fully saturated rings. The van der Waals surface area contributed by atoms with Crippen LogP contribution < -0.4 is 0 Å². The predicted molar refractivity (Wildman–Crippen MR) is 223 cm³/mol. The van der Waals surface area contributed by atoms with Crippen LogP contribution in [0.25, 0.3) is 0 Å². The Hall–Kier alpha value is -3.21. The molecule has 0 heterocycles. The van der Waals surface area contributed by atoms with E-state index in [-0.39, 0.29) is 19.2 Å². The van der Waals surface area contributed by atoms with Crippen molar-refractivity contribution < 1.29 is 19.4 Å². The zero-order valence-electron chi connectivity index (χ0n) is 32.6. The first kappa shape index (κ1) is 47.8. The molecule has 0 aliphatic heterocycles. The van der Waals surface area contributed by atoms with E-state index in [0.717, 1.165) is 103 Å². The van der Waals surface area contributed by atoms with Crippen LogP contribution >= 0.6 is 0 Å². The average molecular weight is 703 g/mol. The third-order valence-electron chi connectivity index (χ3n) is 7.78. The van der Waals surface area contributed by atoms with Gasteiger partial charge in [0.15, 0.2) is 0 Å². The molecule has 1 N–H and O–H groups in total. The number of allylic oxidation sites excluding steroid dienone is 20. The Morgan fingerprint density at radius 3 is 1.24 bits per heavy atom. The van der Waals surface area contributed by atoms with Crippen molar-refractivity contribution in [2.75, 3.05) is 19.8 Å². The maximum absolute atomic E-state index is 12.2. The van der Waals surface area contributed by atoms with E-state index in [1.807, 2.05) is 0 Å². The zero-order valence-corrected chi connectivity index (χ0v) is 32.6. The van der Waals surface area contributed by atoms with Crippen LogP contribution in [0.2, 0.25) is 0 Å². The van der Waals surface area contributed by atoms with Gasteiger partial charge in [-0.15, -0.1) is 0 Å². The van der Waals surface area contributed by atoms with Crippen molar-refractivity contribution in [1.29, 1.82) is 0 Å². The maximum Gasteiger partial charge on any atom is 0.306 e. The van der Waals surface area contributed by atoms with Crippen LogP contribution in [0.15, 0.2) is 122 Å². The lowest BCUT2D eigenvalue weighted by Gasteiger charge is -2.15. The van der Waals surface area contributed by atoms with Gasteiger partial charge in [-0.25, -0.2) is 0 Å². The lowest BCUT2D eigenvalue weighted by Crippen LogP contribution is -2.27. The second kappa shape index (κ2) is 43.0. The molecule has 286 valence electrons. The van der Waals surface area contributed by atoms with Crippen LogP contribution in [0.5, 0.6) is 0 Å². The molecule has 51 heavy (non-hydrogen) atoms. The van der Waals surface area contributed by atoms with Crippen LogP contribution in [-0.2, 0) is 14.3 Å². The quantitative estimate of drug-likeness (QED) is 0.0406. The summed E-state index contributed by atoms with van der Waals surface area (Å²) in [5, 5.41) is 9.57. The molecule has 0 spiro atoms. The summed E-state index contributed by atoms with van der Waals surface area (Å²) in [6.45, 7) is 4.93. The van der Waals surface area contributed by atoms with Crippen molar-refractivity contribution in [3.8, 4) is 0 Å². The van der Waals surface area contributed by atoms with Gasteiger partial charge in [-0.05, 0) is 96.3 Å². The number of hydrogen-bond donors (Lipinski definition) is 1.